The summed E-state index contributed by atoms with van der Waals surface area (Å²) in [6, 6.07) is 9.17. The molecule has 1 aliphatic rings. The largest absolute Gasteiger partial charge is 0.490 e. The van der Waals surface area contributed by atoms with Crippen molar-refractivity contribution in [3.05, 3.63) is 88.5 Å². The smallest absolute Gasteiger partial charge is 0.343 e. The first-order chi connectivity index (χ1) is 19.2. The molecule has 1 atom stereocenters. The van der Waals surface area contributed by atoms with Gasteiger partial charge in [0, 0.05) is 15.6 Å². The Morgan fingerprint density at radius 3 is 2.45 bits per heavy atom. The monoisotopic (exact) mass is 604 g/mol. The maximum absolute atomic E-state index is 13.9. The minimum Gasteiger partial charge on any atom is -0.490 e. The van der Waals surface area contributed by atoms with Gasteiger partial charge in [0.15, 0.2) is 22.9 Å². The Hall–Kier alpha value is -3.60. The number of allylic oxidation sites excluding steroid dienone is 1. The number of carbonyl (C=O) groups is 2. The molecule has 1 aliphatic heterocycles. The molecule has 0 saturated carbocycles. The predicted octanol–water partition coefficient (Wildman–Crippen LogP) is 4.06. The lowest BCUT2D eigenvalue weighted by molar-refractivity contribution is -0.143. The van der Waals surface area contributed by atoms with E-state index in [9.17, 15) is 14.4 Å². The third-order valence-electron chi connectivity index (χ3n) is 5.95. The van der Waals surface area contributed by atoms with Gasteiger partial charge in [-0.2, -0.15) is 0 Å². The lowest BCUT2D eigenvalue weighted by atomic mass is 9.95. The van der Waals surface area contributed by atoms with Crippen LogP contribution in [0.25, 0.3) is 6.08 Å². The van der Waals surface area contributed by atoms with E-state index in [0.717, 1.165) is 11.3 Å². The SMILES string of the molecule is CCOC(=O)C1=C(C)N=c2s/c(=C/c3c(Cl)cccc3Cl)c(=O)n2[C@H]1c1ccc(OCC(=O)OC)c(OCC)c1. The van der Waals surface area contributed by atoms with E-state index in [2.05, 4.69) is 9.73 Å². The van der Waals surface area contributed by atoms with Crippen LogP contribution in [0, 0.1) is 0 Å². The summed E-state index contributed by atoms with van der Waals surface area (Å²) in [5.74, 6) is -0.525. The molecule has 0 spiro atoms. The third-order valence-corrected chi connectivity index (χ3v) is 7.59. The number of methoxy groups -OCH3 is 1. The lowest BCUT2D eigenvalue weighted by Gasteiger charge is -2.25. The number of thiazole rings is 1. The number of halogens is 2. The molecule has 0 aliphatic carbocycles. The van der Waals surface area contributed by atoms with Crippen molar-refractivity contribution < 1.29 is 28.5 Å². The highest BCUT2D eigenvalue weighted by Gasteiger charge is 2.34. The normalized spacial score (nSPS) is 14.8. The van der Waals surface area contributed by atoms with Crippen molar-refractivity contribution >= 4 is 52.6 Å². The van der Waals surface area contributed by atoms with Crippen LogP contribution in [0.5, 0.6) is 11.5 Å². The van der Waals surface area contributed by atoms with E-state index in [1.165, 1.54) is 11.7 Å². The number of nitrogens with zero attached hydrogens (tertiary/aromatic N) is 2. The van der Waals surface area contributed by atoms with Crippen molar-refractivity contribution in [2.75, 3.05) is 26.9 Å². The Kier molecular flexibility index (Phi) is 9.34. The zero-order valence-corrected chi connectivity index (χ0v) is 24.5. The zero-order valence-electron chi connectivity index (χ0n) is 22.2. The number of hydrogen-bond acceptors (Lipinski definition) is 9. The molecule has 0 saturated heterocycles. The van der Waals surface area contributed by atoms with Crippen LogP contribution in [0.4, 0.5) is 0 Å². The van der Waals surface area contributed by atoms with Gasteiger partial charge in [-0.1, -0.05) is 46.7 Å². The highest BCUT2D eigenvalue weighted by molar-refractivity contribution is 7.07. The highest BCUT2D eigenvalue weighted by Crippen LogP contribution is 2.36. The van der Waals surface area contributed by atoms with Crippen molar-refractivity contribution in [1.82, 2.24) is 4.57 Å². The summed E-state index contributed by atoms with van der Waals surface area (Å²) in [5, 5.41) is 0.782. The van der Waals surface area contributed by atoms with Crippen molar-refractivity contribution in [3.63, 3.8) is 0 Å². The minimum absolute atomic E-state index is 0.141. The van der Waals surface area contributed by atoms with Crippen LogP contribution in [0.2, 0.25) is 10.0 Å². The van der Waals surface area contributed by atoms with Gasteiger partial charge < -0.3 is 18.9 Å². The first kappa shape index (κ1) is 29.4. The summed E-state index contributed by atoms with van der Waals surface area (Å²) in [5.41, 5.74) is 1.29. The van der Waals surface area contributed by atoms with Crippen molar-refractivity contribution in [1.29, 1.82) is 0 Å². The summed E-state index contributed by atoms with van der Waals surface area (Å²) < 4.78 is 23.1. The van der Waals surface area contributed by atoms with Crippen LogP contribution < -0.4 is 24.4 Å². The second kappa shape index (κ2) is 12.7. The molecule has 3 aromatic rings. The second-order valence-electron chi connectivity index (χ2n) is 8.44. The molecular formula is C28H26Cl2N2O7S. The number of esters is 2. The summed E-state index contributed by atoms with van der Waals surface area (Å²) in [6.07, 6.45) is 1.62. The zero-order chi connectivity index (χ0) is 29.0. The fourth-order valence-electron chi connectivity index (χ4n) is 4.16. The number of benzene rings is 2. The highest BCUT2D eigenvalue weighted by atomic mass is 35.5. The number of aromatic nitrogens is 1. The molecule has 9 nitrogen and oxygen atoms in total. The van der Waals surface area contributed by atoms with Crippen LogP contribution in [-0.4, -0.2) is 43.4 Å². The van der Waals surface area contributed by atoms with Gasteiger partial charge in [0.1, 0.15) is 0 Å². The van der Waals surface area contributed by atoms with E-state index in [0.29, 0.717) is 54.3 Å². The molecule has 0 unspecified atom stereocenters. The maximum atomic E-state index is 13.9. The van der Waals surface area contributed by atoms with Crippen LogP contribution in [0.1, 0.15) is 37.9 Å². The van der Waals surface area contributed by atoms with E-state index >= 15 is 0 Å². The van der Waals surface area contributed by atoms with Gasteiger partial charge >= 0.3 is 11.9 Å². The van der Waals surface area contributed by atoms with Gasteiger partial charge in [-0.25, -0.2) is 14.6 Å². The van der Waals surface area contributed by atoms with Crippen molar-refractivity contribution in [3.8, 4) is 11.5 Å². The minimum atomic E-state index is -0.881. The fraction of sp³-hybridized carbons (Fsp3) is 0.286. The molecule has 0 N–H and O–H groups in total. The third kappa shape index (κ3) is 5.94. The second-order valence-corrected chi connectivity index (χ2v) is 10.3. The number of carbonyl (C=O) groups excluding carboxylic acids is 2. The Morgan fingerprint density at radius 2 is 1.80 bits per heavy atom. The molecule has 2 heterocycles. The van der Waals surface area contributed by atoms with Crippen molar-refractivity contribution in [2.45, 2.75) is 26.8 Å². The van der Waals surface area contributed by atoms with Crippen molar-refractivity contribution in [2.24, 2.45) is 4.99 Å². The Labute approximate surface area is 243 Å². The van der Waals surface area contributed by atoms with Gasteiger partial charge in [-0.15, -0.1) is 0 Å². The van der Waals surface area contributed by atoms with E-state index in [1.807, 2.05) is 0 Å². The van der Waals surface area contributed by atoms with Crippen LogP contribution in [-0.2, 0) is 19.1 Å². The molecule has 2 aromatic carbocycles. The molecule has 40 heavy (non-hydrogen) atoms. The molecule has 210 valence electrons. The maximum Gasteiger partial charge on any atom is 0.343 e. The predicted molar refractivity (Wildman–Crippen MR) is 152 cm³/mol. The first-order valence-corrected chi connectivity index (χ1v) is 13.9. The lowest BCUT2D eigenvalue weighted by Crippen LogP contribution is -2.40. The number of rotatable bonds is 9. The Morgan fingerprint density at radius 1 is 1.07 bits per heavy atom. The van der Waals surface area contributed by atoms with Gasteiger partial charge in [-0.05, 0) is 56.7 Å². The molecule has 0 radical (unpaired) electrons. The summed E-state index contributed by atoms with van der Waals surface area (Å²) in [7, 11) is 1.26. The first-order valence-electron chi connectivity index (χ1n) is 12.3. The van der Waals surface area contributed by atoms with Crippen LogP contribution >= 0.6 is 34.5 Å². The van der Waals surface area contributed by atoms with E-state index < -0.39 is 18.0 Å². The topological polar surface area (TPSA) is 105 Å². The average molecular weight is 605 g/mol. The molecule has 0 amide bonds. The Bertz CT molecular complexity index is 1660. The molecule has 1 aromatic heterocycles. The molecule has 12 heteroatoms. The van der Waals surface area contributed by atoms with Gasteiger partial charge in [-0.3, -0.25) is 9.36 Å². The standard InChI is InChI=1S/C28H26Cl2N2O7S/c1-5-37-21-12-16(10-11-20(21)39-14-23(33)36-4)25-24(27(35)38-6-2)15(3)31-28-32(25)26(34)22(40-28)13-17-18(29)8-7-9-19(17)30/h7-13,25H,5-6,14H2,1-4H3/b22-13+/t25-/m0/s1. The van der Waals surface area contributed by atoms with E-state index in [1.54, 1.807) is 63.2 Å². The van der Waals surface area contributed by atoms with E-state index in [-0.39, 0.29) is 24.3 Å². The quantitative estimate of drug-likeness (QED) is 0.339. The number of ether oxygens (including phenoxy) is 4. The summed E-state index contributed by atoms with van der Waals surface area (Å²) in [4.78, 5) is 43.6. The summed E-state index contributed by atoms with van der Waals surface area (Å²) in [6.45, 7) is 5.32. The molecular weight excluding hydrogens is 579 g/mol. The fourth-order valence-corrected chi connectivity index (χ4v) is 5.70. The van der Waals surface area contributed by atoms with Crippen LogP contribution in [0.3, 0.4) is 0 Å². The van der Waals surface area contributed by atoms with E-state index in [4.69, 9.17) is 37.4 Å². The molecule has 4 rings (SSSR count). The van der Waals surface area contributed by atoms with Gasteiger partial charge in [0.05, 0.1) is 42.2 Å². The molecule has 0 fully saturated rings. The van der Waals surface area contributed by atoms with Gasteiger partial charge in [0.2, 0.25) is 0 Å². The number of fused-ring (bicyclic) bond motifs is 1. The van der Waals surface area contributed by atoms with Crippen LogP contribution in [0.15, 0.2) is 57.5 Å². The average Bonchev–Trinajstić information content (AvgIpc) is 3.23. The molecule has 0 bridgehead atoms. The van der Waals surface area contributed by atoms with Gasteiger partial charge in [0.25, 0.3) is 5.56 Å². The Balaban J connectivity index is 1.93. The number of hydrogen-bond donors (Lipinski definition) is 0. The summed E-state index contributed by atoms with van der Waals surface area (Å²) >= 11 is 13.9.